The monoisotopic (exact) mass is 218 g/mol. The molecule has 0 saturated heterocycles. The highest BCUT2D eigenvalue weighted by molar-refractivity contribution is 6.32. The third-order valence-corrected chi connectivity index (χ3v) is 2.07. The van der Waals surface area contributed by atoms with Gasteiger partial charge in [-0.05, 0) is 24.6 Å². The number of alkyl halides is 1. The first-order valence-corrected chi connectivity index (χ1v) is 4.69. The van der Waals surface area contributed by atoms with E-state index in [0.717, 1.165) is 0 Å². The standard InChI is InChI=1S/C10H12ClFO2/c1-7(13)8-2-3-10(9(11)6-8)14-5-4-12/h2-3,6-7,13H,4-5H2,1H3/t7-/m0/s1. The van der Waals surface area contributed by atoms with E-state index in [9.17, 15) is 9.50 Å². The highest BCUT2D eigenvalue weighted by atomic mass is 35.5. The second-order valence-corrected chi connectivity index (χ2v) is 3.31. The van der Waals surface area contributed by atoms with E-state index in [0.29, 0.717) is 16.3 Å². The fourth-order valence-corrected chi connectivity index (χ4v) is 1.29. The molecule has 1 rings (SSSR count). The van der Waals surface area contributed by atoms with Crippen LogP contribution >= 0.6 is 11.6 Å². The molecule has 78 valence electrons. The van der Waals surface area contributed by atoms with Crippen LogP contribution in [0.1, 0.15) is 18.6 Å². The Bertz CT molecular complexity index is 302. The van der Waals surface area contributed by atoms with Gasteiger partial charge in [0.1, 0.15) is 19.0 Å². The van der Waals surface area contributed by atoms with Gasteiger partial charge in [-0.15, -0.1) is 0 Å². The van der Waals surface area contributed by atoms with Crippen LogP contribution in [0.3, 0.4) is 0 Å². The molecule has 0 amide bonds. The van der Waals surface area contributed by atoms with E-state index in [2.05, 4.69) is 0 Å². The van der Waals surface area contributed by atoms with Crippen molar-refractivity contribution in [3.05, 3.63) is 28.8 Å². The van der Waals surface area contributed by atoms with Gasteiger partial charge in [0.05, 0.1) is 11.1 Å². The van der Waals surface area contributed by atoms with Crippen molar-refractivity contribution in [2.24, 2.45) is 0 Å². The van der Waals surface area contributed by atoms with Crippen LogP contribution in [0.2, 0.25) is 5.02 Å². The van der Waals surface area contributed by atoms with E-state index in [-0.39, 0.29) is 6.61 Å². The molecule has 4 heteroatoms. The molecule has 0 spiro atoms. The maximum absolute atomic E-state index is 11.8. The Balaban J connectivity index is 2.79. The number of ether oxygens (including phenoxy) is 1. The first-order valence-electron chi connectivity index (χ1n) is 4.31. The summed E-state index contributed by atoms with van der Waals surface area (Å²) in [5.74, 6) is 0.439. The van der Waals surface area contributed by atoms with Crippen molar-refractivity contribution < 1.29 is 14.2 Å². The topological polar surface area (TPSA) is 29.5 Å². The van der Waals surface area contributed by atoms with Gasteiger partial charge in [-0.25, -0.2) is 4.39 Å². The lowest BCUT2D eigenvalue weighted by Gasteiger charge is -2.09. The average Bonchev–Trinajstić information content (AvgIpc) is 2.15. The molecule has 1 aromatic rings. The maximum atomic E-state index is 11.8. The molecule has 1 aromatic carbocycles. The Hall–Kier alpha value is -0.800. The molecule has 0 aromatic heterocycles. The zero-order chi connectivity index (χ0) is 10.6. The predicted octanol–water partition coefficient (Wildman–Crippen LogP) is 2.74. The van der Waals surface area contributed by atoms with Gasteiger partial charge in [0, 0.05) is 0 Å². The lowest BCUT2D eigenvalue weighted by molar-refractivity contribution is 0.199. The minimum Gasteiger partial charge on any atom is -0.489 e. The molecule has 0 aliphatic rings. The lowest BCUT2D eigenvalue weighted by Crippen LogP contribution is -2.00. The quantitative estimate of drug-likeness (QED) is 0.842. The minimum atomic E-state index is -0.567. The summed E-state index contributed by atoms with van der Waals surface area (Å²) in [5.41, 5.74) is 0.711. The van der Waals surface area contributed by atoms with E-state index in [1.165, 1.54) is 0 Å². The zero-order valence-corrected chi connectivity index (χ0v) is 8.59. The molecule has 0 aliphatic carbocycles. The van der Waals surface area contributed by atoms with Crippen molar-refractivity contribution in [1.82, 2.24) is 0 Å². The third-order valence-electron chi connectivity index (χ3n) is 1.77. The number of benzene rings is 1. The first-order chi connectivity index (χ1) is 6.65. The van der Waals surface area contributed by atoms with E-state index >= 15 is 0 Å². The third kappa shape index (κ3) is 2.86. The summed E-state index contributed by atoms with van der Waals surface area (Å²) in [6.07, 6.45) is -0.567. The number of hydrogen-bond donors (Lipinski definition) is 1. The van der Waals surface area contributed by atoms with E-state index in [1.54, 1.807) is 25.1 Å². The normalized spacial score (nSPS) is 12.6. The number of rotatable bonds is 4. The second-order valence-electron chi connectivity index (χ2n) is 2.90. The van der Waals surface area contributed by atoms with E-state index < -0.39 is 12.8 Å². The molecule has 0 radical (unpaired) electrons. The van der Waals surface area contributed by atoms with Gasteiger partial charge in [0.15, 0.2) is 0 Å². The highest BCUT2D eigenvalue weighted by Gasteiger charge is 2.06. The van der Waals surface area contributed by atoms with Crippen LogP contribution in [-0.4, -0.2) is 18.4 Å². The lowest BCUT2D eigenvalue weighted by atomic mass is 10.1. The van der Waals surface area contributed by atoms with Gasteiger partial charge in [-0.3, -0.25) is 0 Å². The van der Waals surface area contributed by atoms with Crippen molar-refractivity contribution in [3.8, 4) is 5.75 Å². The second kappa shape index (κ2) is 5.17. The summed E-state index contributed by atoms with van der Waals surface area (Å²) in [4.78, 5) is 0. The molecule has 0 aliphatic heterocycles. The SMILES string of the molecule is C[C@H](O)c1ccc(OCCF)c(Cl)c1. The Morgan fingerprint density at radius 3 is 2.79 bits per heavy atom. The average molecular weight is 219 g/mol. The molecule has 0 fully saturated rings. The maximum Gasteiger partial charge on any atom is 0.138 e. The number of halogens is 2. The molecule has 0 bridgehead atoms. The van der Waals surface area contributed by atoms with Gasteiger partial charge in [-0.1, -0.05) is 17.7 Å². The largest absolute Gasteiger partial charge is 0.489 e. The van der Waals surface area contributed by atoms with Gasteiger partial charge in [-0.2, -0.15) is 0 Å². The van der Waals surface area contributed by atoms with E-state index in [4.69, 9.17) is 16.3 Å². The summed E-state index contributed by atoms with van der Waals surface area (Å²) in [5, 5.41) is 9.64. The summed E-state index contributed by atoms with van der Waals surface area (Å²) in [6, 6.07) is 4.93. The molecular formula is C10H12ClFO2. The smallest absolute Gasteiger partial charge is 0.138 e. The van der Waals surface area contributed by atoms with Crippen molar-refractivity contribution >= 4 is 11.6 Å². The molecule has 1 N–H and O–H groups in total. The Morgan fingerprint density at radius 2 is 2.29 bits per heavy atom. The van der Waals surface area contributed by atoms with Crippen LogP contribution in [0.4, 0.5) is 4.39 Å². The Labute approximate surface area is 87.3 Å². The fraction of sp³-hybridized carbons (Fsp3) is 0.400. The zero-order valence-electron chi connectivity index (χ0n) is 7.84. The van der Waals surface area contributed by atoms with Crippen molar-refractivity contribution in [2.75, 3.05) is 13.3 Å². The van der Waals surface area contributed by atoms with Gasteiger partial charge in [0.25, 0.3) is 0 Å². The molecule has 1 atom stereocenters. The number of hydrogen-bond acceptors (Lipinski definition) is 2. The Morgan fingerprint density at radius 1 is 1.57 bits per heavy atom. The van der Waals surface area contributed by atoms with Gasteiger partial charge >= 0.3 is 0 Å². The van der Waals surface area contributed by atoms with Crippen molar-refractivity contribution in [3.63, 3.8) is 0 Å². The van der Waals surface area contributed by atoms with Crippen molar-refractivity contribution in [1.29, 1.82) is 0 Å². The summed E-state index contributed by atoms with van der Waals surface area (Å²) < 4.78 is 16.8. The van der Waals surface area contributed by atoms with Crippen LogP contribution in [0.15, 0.2) is 18.2 Å². The molecule has 14 heavy (non-hydrogen) atoms. The molecule has 0 saturated carbocycles. The van der Waals surface area contributed by atoms with Gasteiger partial charge < -0.3 is 9.84 Å². The number of aliphatic hydroxyl groups excluding tert-OH is 1. The molecular weight excluding hydrogens is 207 g/mol. The first kappa shape index (κ1) is 11.3. The summed E-state index contributed by atoms with van der Waals surface area (Å²) >= 11 is 5.85. The highest BCUT2D eigenvalue weighted by Crippen LogP contribution is 2.27. The van der Waals surface area contributed by atoms with E-state index in [1.807, 2.05) is 0 Å². The van der Waals surface area contributed by atoms with Crippen molar-refractivity contribution in [2.45, 2.75) is 13.0 Å². The van der Waals surface area contributed by atoms with Crippen LogP contribution in [-0.2, 0) is 0 Å². The van der Waals surface area contributed by atoms with Crippen LogP contribution < -0.4 is 4.74 Å². The molecule has 0 heterocycles. The summed E-state index contributed by atoms with van der Waals surface area (Å²) in [6.45, 7) is 1.09. The fourth-order valence-electron chi connectivity index (χ4n) is 1.04. The predicted molar refractivity (Wildman–Crippen MR) is 53.6 cm³/mol. The summed E-state index contributed by atoms with van der Waals surface area (Å²) in [7, 11) is 0. The van der Waals surface area contributed by atoms with Gasteiger partial charge in [0.2, 0.25) is 0 Å². The minimum absolute atomic E-state index is 0.00621. The molecule has 2 nitrogen and oxygen atoms in total. The van der Waals surface area contributed by atoms with Crippen LogP contribution in [0, 0.1) is 0 Å². The molecule has 0 unspecified atom stereocenters. The van der Waals surface area contributed by atoms with Crippen LogP contribution in [0.25, 0.3) is 0 Å². The van der Waals surface area contributed by atoms with Crippen LogP contribution in [0.5, 0.6) is 5.75 Å². The number of aliphatic hydroxyl groups is 1. The Kier molecular flexibility index (Phi) is 4.17.